The Hall–Kier alpha value is -3.55. The third-order valence-corrected chi connectivity index (χ3v) is 3.79. The number of carbonyl (C=O) groups excluding carboxylic acids is 3. The number of carbonyl (C=O) groups is 3. The fourth-order valence-electron chi connectivity index (χ4n) is 2.35. The molecule has 0 aromatic heterocycles. The van der Waals surface area contributed by atoms with E-state index < -0.39 is 23.9 Å². The zero-order valence-electron chi connectivity index (χ0n) is 15.9. The average Bonchev–Trinajstić information content (AvgIpc) is 2.72. The molecule has 0 heterocycles. The van der Waals surface area contributed by atoms with Crippen LogP contribution in [0.5, 0.6) is 11.5 Å². The Kier molecular flexibility index (Phi) is 7.38. The summed E-state index contributed by atoms with van der Waals surface area (Å²) in [7, 11) is 2.93. The summed E-state index contributed by atoms with van der Waals surface area (Å²) in [5, 5.41) is 5.07. The maximum atomic E-state index is 12.2. The van der Waals surface area contributed by atoms with Crippen molar-refractivity contribution in [2.75, 3.05) is 26.1 Å². The highest BCUT2D eigenvalue weighted by molar-refractivity contribution is 5.99. The smallest absolute Gasteiger partial charge is 0.326 e. The first-order valence-electron chi connectivity index (χ1n) is 8.50. The molecule has 0 spiro atoms. The summed E-state index contributed by atoms with van der Waals surface area (Å²) in [5.74, 6) is -0.878. The Morgan fingerprint density at radius 2 is 1.54 bits per heavy atom. The van der Waals surface area contributed by atoms with Crippen LogP contribution in [0.1, 0.15) is 17.3 Å². The van der Waals surface area contributed by atoms with E-state index in [0.29, 0.717) is 22.7 Å². The lowest BCUT2D eigenvalue weighted by Gasteiger charge is -2.15. The predicted molar refractivity (Wildman–Crippen MR) is 103 cm³/mol. The minimum atomic E-state index is -1.06. The van der Waals surface area contributed by atoms with Crippen molar-refractivity contribution in [3.05, 3.63) is 54.1 Å². The number of methoxy groups -OCH3 is 2. The molecule has 2 N–H and O–H groups in total. The molecule has 148 valence electrons. The lowest BCUT2D eigenvalue weighted by Crippen LogP contribution is -2.36. The van der Waals surface area contributed by atoms with Crippen LogP contribution in [0.15, 0.2) is 48.5 Å². The molecule has 2 amide bonds. The lowest BCUT2D eigenvalue weighted by molar-refractivity contribution is -0.152. The van der Waals surface area contributed by atoms with E-state index in [1.54, 1.807) is 48.5 Å². The highest BCUT2D eigenvalue weighted by Crippen LogP contribution is 2.23. The molecule has 8 heteroatoms. The van der Waals surface area contributed by atoms with Gasteiger partial charge < -0.3 is 24.8 Å². The van der Waals surface area contributed by atoms with Crippen LogP contribution >= 0.6 is 0 Å². The fraction of sp³-hybridized carbons (Fsp3) is 0.250. The van der Waals surface area contributed by atoms with Crippen molar-refractivity contribution in [1.82, 2.24) is 5.32 Å². The first kappa shape index (κ1) is 20.8. The molecule has 28 heavy (non-hydrogen) atoms. The molecule has 0 saturated carbocycles. The first-order chi connectivity index (χ1) is 13.5. The van der Waals surface area contributed by atoms with Gasteiger partial charge in [-0.1, -0.05) is 24.3 Å². The van der Waals surface area contributed by atoms with Gasteiger partial charge in [-0.15, -0.1) is 0 Å². The third kappa shape index (κ3) is 5.47. The molecule has 8 nitrogen and oxygen atoms in total. The molecule has 0 aliphatic carbocycles. The molecule has 0 fully saturated rings. The molecule has 2 aromatic carbocycles. The van der Waals surface area contributed by atoms with E-state index in [0.717, 1.165) is 0 Å². The van der Waals surface area contributed by atoms with Gasteiger partial charge in [0, 0.05) is 0 Å². The van der Waals surface area contributed by atoms with E-state index >= 15 is 0 Å². The Morgan fingerprint density at radius 1 is 0.929 bits per heavy atom. The summed E-state index contributed by atoms with van der Waals surface area (Å²) < 4.78 is 15.3. The monoisotopic (exact) mass is 386 g/mol. The number of benzene rings is 2. The number of rotatable bonds is 8. The molecule has 1 atom stereocenters. The summed E-state index contributed by atoms with van der Waals surface area (Å²) >= 11 is 0. The molecule has 0 aliphatic heterocycles. The van der Waals surface area contributed by atoms with Crippen LogP contribution < -0.4 is 20.1 Å². The van der Waals surface area contributed by atoms with Crippen LogP contribution in [0, 0.1) is 0 Å². The summed E-state index contributed by atoms with van der Waals surface area (Å²) in [5.41, 5.74) is 0.752. The standard InChI is InChI=1S/C20H22N2O6/c1-13(19(24)22-15-9-5-7-11-17(15)27-3)28-18(23)12-21-20(25)14-8-4-6-10-16(14)26-2/h4-11,13H,12H2,1-3H3,(H,21,25)(H,22,24)/t13-/m1/s1. The minimum Gasteiger partial charge on any atom is -0.496 e. The number of ether oxygens (including phenoxy) is 3. The van der Waals surface area contributed by atoms with Crippen molar-refractivity contribution < 1.29 is 28.6 Å². The van der Waals surface area contributed by atoms with Crippen molar-refractivity contribution in [2.24, 2.45) is 0 Å². The Balaban J connectivity index is 1.86. The largest absolute Gasteiger partial charge is 0.496 e. The molecular formula is C20H22N2O6. The van der Waals surface area contributed by atoms with Gasteiger partial charge >= 0.3 is 5.97 Å². The van der Waals surface area contributed by atoms with Crippen LogP contribution in [-0.4, -0.2) is 44.7 Å². The first-order valence-corrected chi connectivity index (χ1v) is 8.50. The maximum Gasteiger partial charge on any atom is 0.326 e. The number of hydrogen-bond donors (Lipinski definition) is 2. The van der Waals surface area contributed by atoms with Crippen molar-refractivity contribution >= 4 is 23.5 Å². The molecule has 0 bridgehead atoms. The molecule has 0 saturated heterocycles. The Bertz CT molecular complexity index is 852. The number of anilines is 1. The van der Waals surface area contributed by atoms with E-state index in [2.05, 4.69) is 10.6 Å². The van der Waals surface area contributed by atoms with Gasteiger partial charge in [-0.25, -0.2) is 0 Å². The zero-order valence-corrected chi connectivity index (χ0v) is 15.9. The number of hydrogen-bond acceptors (Lipinski definition) is 6. The number of nitrogens with one attached hydrogen (secondary N) is 2. The van der Waals surface area contributed by atoms with Gasteiger partial charge in [0.15, 0.2) is 6.10 Å². The van der Waals surface area contributed by atoms with Crippen molar-refractivity contribution in [1.29, 1.82) is 0 Å². The Morgan fingerprint density at radius 3 is 2.21 bits per heavy atom. The maximum absolute atomic E-state index is 12.2. The average molecular weight is 386 g/mol. The lowest BCUT2D eigenvalue weighted by atomic mass is 10.2. The van der Waals surface area contributed by atoms with Crippen molar-refractivity contribution in [3.8, 4) is 11.5 Å². The summed E-state index contributed by atoms with van der Waals surface area (Å²) in [6, 6.07) is 13.5. The van der Waals surface area contributed by atoms with Crippen LogP contribution in [0.3, 0.4) is 0 Å². The summed E-state index contributed by atoms with van der Waals surface area (Å²) in [6.45, 7) is 1.05. The molecule has 2 rings (SSSR count). The van der Waals surface area contributed by atoms with Crippen LogP contribution in [-0.2, 0) is 14.3 Å². The van der Waals surface area contributed by atoms with E-state index in [1.165, 1.54) is 21.1 Å². The second kappa shape index (κ2) is 9.96. The van der Waals surface area contributed by atoms with Gasteiger partial charge in [0.2, 0.25) is 0 Å². The zero-order chi connectivity index (χ0) is 20.5. The van der Waals surface area contributed by atoms with E-state index in [1.807, 2.05) is 0 Å². The second-order valence-electron chi connectivity index (χ2n) is 5.70. The SMILES string of the molecule is COc1ccccc1NC(=O)[C@@H](C)OC(=O)CNC(=O)c1ccccc1OC. The fourth-order valence-corrected chi connectivity index (χ4v) is 2.35. The van der Waals surface area contributed by atoms with E-state index in [4.69, 9.17) is 14.2 Å². The molecular weight excluding hydrogens is 364 g/mol. The summed E-state index contributed by atoms with van der Waals surface area (Å²) in [6.07, 6.45) is -1.06. The number of para-hydroxylation sites is 3. The van der Waals surface area contributed by atoms with E-state index in [9.17, 15) is 14.4 Å². The van der Waals surface area contributed by atoms with Crippen LogP contribution in [0.2, 0.25) is 0 Å². The van der Waals surface area contributed by atoms with Crippen LogP contribution in [0.25, 0.3) is 0 Å². The minimum absolute atomic E-state index is 0.291. The highest BCUT2D eigenvalue weighted by atomic mass is 16.5. The van der Waals surface area contributed by atoms with Gasteiger partial charge in [-0.05, 0) is 31.2 Å². The number of amides is 2. The predicted octanol–water partition coefficient (Wildman–Crippen LogP) is 2.00. The second-order valence-corrected chi connectivity index (χ2v) is 5.70. The molecule has 0 unspecified atom stereocenters. The molecule has 0 radical (unpaired) electrons. The van der Waals surface area contributed by atoms with Gasteiger partial charge in [0.05, 0.1) is 25.5 Å². The highest BCUT2D eigenvalue weighted by Gasteiger charge is 2.20. The van der Waals surface area contributed by atoms with Crippen molar-refractivity contribution in [2.45, 2.75) is 13.0 Å². The quantitative estimate of drug-likeness (QED) is 0.673. The van der Waals surface area contributed by atoms with Gasteiger partial charge in [-0.3, -0.25) is 14.4 Å². The molecule has 2 aromatic rings. The Labute approximate surface area is 162 Å². The molecule has 0 aliphatic rings. The topological polar surface area (TPSA) is 103 Å². The number of esters is 1. The third-order valence-electron chi connectivity index (χ3n) is 3.79. The van der Waals surface area contributed by atoms with Gasteiger partial charge in [-0.2, -0.15) is 0 Å². The van der Waals surface area contributed by atoms with Gasteiger partial charge in [0.25, 0.3) is 11.8 Å². The van der Waals surface area contributed by atoms with Crippen LogP contribution in [0.4, 0.5) is 5.69 Å². The van der Waals surface area contributed by atoms with E-state index in [-0.39, 0.29) is 6.54 Å². The normalized spacial score (nSPS) is 11.1. The van der Waals surface area contributed by atoms with Crippen molar-refractivity contribution in [3.63, 3.8) is 0 Å². The van der Waals surface area contributed by atoms with Gasteiger partial charge in [0.1, 0.15) is 18.0 Å². The summed E-state index contributed by atoms with van der Waals surface area (Å²) in [4.78, 5) is 36.3.